The molecule has 0 radical (unpaired) electrons. The van der Waals surface area contributed by atoms with Crippen LogP contribution in [0.4, 0.5) is 0 Å². The van der Waals surface area contributed by atoms with E-state index in [9.17, 15) is 5.11 Å². The van der Waals surface area contributed by atoms with Crippen molar-refractivity contribution < 1.29 is 5.11 Å². The van der Waals surface area contributed by atoms with E-state index in [2.05, 4.69) is 4.98 Å². The van der Waals surface area contributed by atoms with Crippen LogP contribution in [0.2, 0.25) is 0 Å². The number of aliphatic hydroxyl groups is 1. The van der Waals surface area contributed by atoms with Crippen molar-refractivity contribution in [2.75, 3.05) is 0 Å². The molecule has 1 atom stereocenters. The Morgan fingerprint density at radius 3 is 2.00 bits per heavy atom. The Labute approximate surface area is 129 Å². The summed E-state index contributed by atoms with van der Waals surface area (Å²) < 4.78 is 0. The van der Waals surface area contributed by atoms with Gasteiger partial charge < -0.3 is 10.5 Å². The normalized spacial score (nSPS) is 13.3. The molecule has 0 fully saturated rings. The van der Waals surface area contributed by atoms with Crippen LogP contribution in [0, 0.1) is 5.41 Å². The molecule has 0 saturated heterocycles. The van der Waals surface area contributed by atoms with E-state index in [4.69, 9.17) is 5.41 Å². The lowest BCUT2D eigenvalue weighted by atomic mass is 9.80. The second-order valence-corrected chi connectivity index (χ2v) is 5.06. The van der Waals surface area contributed by atoms with Crippen LogP contribution in [0.1, 0.15) is 16.7 Å². The number of nitrogens with one attached hydrogen (secondary N) is 1. The van der Waals surface area contributed by atoms with Crippen molar-refractivity contribution in [2.24, 2.45) is 0 Å². The molecule has 0 saturated carbocycles. The Morgan fingerprint density at radius 2 is 1.41 bits per heavy atom. The molecular weight excluding hydrogens is 272 g/mol. The molecule has 3 nitrogen and oxygen atoms in total. The van der Waals surface area contributed by atoms with Crippen molar-refractivity contribution in [3.63, 3.8) is 0 Å². The molecule has 0 aliphatic carbocycles. The third-order valence-corrected chi connectivity index (χ3v) is 3.70. The maximum absolute atomic E-state index is 11.4. The average molecular weight is 288 g/mol. The first-order valence-electron chi connectivity index (χ1n) is 7.06. The van der Waals surface area contributed by atoms with Gasteiger partial charge in [-0.2, -0.15) is 0 Å². The fourth-order valence-electron chi connectivity index (χ4n) is 2.53. The van der Waals surface area contributed by atoms with Crippen LogP contribution < -0.4 is 0 Å². The lowest BCUT2D eigenvalue weighted by Crippen LogP contribution is -2.37. The van der Waals surface area contributed by atoms with Crippen LogP contribution in [-0.2, 0) is 5.60 Å². The van der Waals surface area contributed by atoms with Crippen molar-refractivity contribution in [3.8, 4) is 0 Å². The standard InChI is InChI=1S/C19H16N2O/c20-18(15-8-3-1-4-9-15)19(22,16-10-5-2-6-11-16)17-12-7-13-21-14-17/h1-14,20,22H/t19-/m0/s1. The zero-order chi connectivity index (χ0) is 15.4. The second-order valence-electron chi connectivity index (χ2n) is 5.06. The van der Waals surface area contributed by atoms with Crippen molar-refractivity contribution in [3.05, 3.63) is 102 Å². The van der Waals surface area contributed by atoms with Gasteiger partial charge in [-0.05, 0) is 17.2 Å². The van der Waals surface area contributed by atoms with Crippen LogP contribution in [0.3, 0.4) is 0 Å². The van der Waals surface area contributed by atoms with Gasteiger partial charge in [-0.3, -0.25) is 4.98 Å². The molecule has 1 heterocycles. The average Bonchev–Trinajstić information content (AvgIpc) is 2.62. The molecule has 0 aliphatic rings. The van der Waals surface area contributed by atoms with Gasteiger partial charge in [-0.1, -0.05) is 66.7 Å². The van der Waals surface area contributed by atoms with Crippen LogP contribution in [-0.4, -0.2) is 15.8 Å². The van der Waals surface area contributed by atoms with E-state index in [1.54, 1.807) is 24.5 Å². The second kappa shape index (κ2) is 5.92. The van der Waals surface area contributed by atoms with Gasteiger partial charge >= 0.3 is 0 Å². The molecule has 1 aromatic heterocycles. The Hall–Kier alpha value is -2.78. The number of benzene rings is 2. The predicted molar refractivity (Wildman–Crippen MR) is 86.9 cm³/mol. The highest BCUT2D eigenvalue weighted by atomic mass is 16.3. The fraction of sp³-hybridized carbons (Fsp3) is 0.0526. The number of hydrogen-bond donors (Lipinski definition) is 2. The Bertz CT molecular complexity index is 716. The summed E-state index contributed by atoms with van der Waals surface area (Å²) in [5.74, 6) is 0. The highest BCUT2D eigenvalue weighted by Gasteiger charge is 2.37. The van der Waals surface area contributed by atoms with Crippen LogP contribution in [0.15, 0.2) is 85.2 Å². The van der Waals surface area contributed by atoms with E-state index in [-0.39, 0.29) is 5.71 Å². The summed E-state index contributed by atoms with van der Waals surface area (Å²) in [6.07, 6.45) is 3.26. The Morgan fingerprint density at radius 1 is 0.818 bits per heavy atom. The van der Waals surface area contributed by atoms with Crippen LogP contribution in [0.5, 0.6) is 0 Å². The van der Waals surface area contributed by atoms with Gasteiger partial charge in [0.25, 0.3) is 0 Å². The third kappa shape index (κ3) is 2.43. The minimum Gasteiger partial charge on any atom is -0.374 e. The van der Waals surface area contributed by atoms with E-state index in [0.717, 1.165) is 0 Å². The molecular formula is C19H16N2O. The minimum atomic E-state index is -1.53. The molecule has 0 unspecified atom stereocenters. The zero-order valence-electron chi connectivity index (χ0n) is 12.0. The first kappa shape index (κ1) is 14.2. The maximum atomic E-state index is 11.4. The summed E-state index contributed by atoms with van der Waals surface area (Å²) in [5, 5.41) is 20.0. The van der Waals surface area contributed by atoms with Gasteiger partial charge in [0.1, 0.15) is 0 Å². The Balaban J connectivity index is 2.18. The van der Waals surface area contributed by atoms with Gasteiger partial charge in [0.2, 0.25) is 0 Å². The van der Waals surface area contributed by atoms with E-state index in [1.165, 1.54) is 0 Å². The summed E-state index contributed by atoms with van der Waals surface area (Å²) in [4.78, 5) is 4.10. The molecule has 0 amide bonds. The third-order valence-electron chi connectivity index (χ3n) is 3.70. The smallest absolute Gasteiger partial charge is 0.158 e. The van der Waals surface area contributed by atoms with Crippen molar-refractivity contribution in [2.45, 2.75) is 5.60 Å². The molecule has 3 aromatic rings. The fourth-order valence-corrected chi connectivity index (χ4v) is 2.53. The summed E-state index contributed by atoms with van der Waals surface area (Å²) in [5.41, 5.74) is 0.508. The zero-order valence-corrected chi connectivity index (χ0v) is 12.0. The first-order valence-corrected chi connectivity index (χ1v) is 7.06. The molecule has 0 bridgehead atoms. The number of aromatic nitrogens is 1. The molecule has 0 aliphatic heterocycles. The molecule has 3 rings (SSSR count). The number of nitrogens with zero attached hydrogens (tertiary/aromatic N) is 1. The topological polar surface area (TPSA) is 57.0 Å². The van der Waals surface area contributed by atoms with Crippen molar-refractivity contribution in [1.82, 2.24) is 4.98 Å². The minimum absolute atomic E-state index is 0.132. The summed E-state index contributed by atoms with van der Waals surface area (Å²) >= 11 is 0. The van der Waals surface area contributed by atoms with E-state index >= 15 is 0 Å². The van der Waals surface area contributed by atoms with Gasteiger partial charge in [0, 0.05) is 18.0 Å². The largest absolute Gasteiger partial charge is 0.374 e. The molecule has 2 aromatic carbocycles. The lowest BCUT2D eigenvalue weighted by Gasteiger charge is -2.30. The van der Waals surface area contributed by atoms with E-state index in [1.807, 2.05) is 60.7 Å². The first-order chi connectivity index (χ1) is 10.7. The predicted octanol–water partition coefficient (Wildman–Crippen LogP) is 3.39. The number of pyridine rings is 1. The lowest BCUT2D eigenvalue weighted by molar-refractivity contribution is 0.155. The summed E-state index contributed by atoms with van der Waals surface area (Å²) in [6, 6.07) is 22.1. The van der Waals surface area contributed by atoms with Gasteiger partial charge in [-0.15, -0.1) is 0 Å². The summed E-state index contributed by atoms with van der Waals surface area (Å²) in [6.45, 7) is 0. The van der Waals surface area contributed by atoms with Gasteiger partial charge in [0.15, 0.2) is 5.60 Å². The quantitative estimate of drug-likeness (QED) is 0.723. The van der Waals surface area contributed by atoms with Gasteiger partial charge in [-0.25, -0.2) is 0 Å². The maximum Gasteiger partial charge on any atom is 0.158 e. The summed E-state index contributed by atoms with van der Waals surface area (Å²) in [7, 11) is 0. The molecule has 3 heteroatoms. The SMILES string of the molecule is N=C(c1ccccc1)[C@](O)(c1ccccc1)c1cccnc1. The Kier molecular flexibility index (Phi) is 3.81. The molecule has 22 heavy (non-hydrogen) atoms. The van der Waals surface area contributed by atoms with E-state index < -0.39 is 5.60 Å². The van der Waals surface area contributed by atoms with Crippen LogP contribution in [0.25, 0.3) is 0 Å². The number of hydrogen-bond acceptors (Lipinski definition) is 3. The van der Waals surface area contributed by atoms with Crippen molar-refractivity contribution in [1.29, 1.82) is 5.41 Å². The molecule has 108 valence electrons. The highest BCUT2D eigenvalue weighted by Crippen LogP contribution is 2.32. The van der Waals surface area contributed by atoms with Crippen LogP contribution >= 0.6 is 0 Å². The highest BCUT2D eigenvalue weighted by molar-refractivity contribution is 6.06. The monoisotopic (exact) mass is 288 g/mol. The van der Waals surface area contributed by atoms with E-state index in [0.29, 0.717) is 16.7 Å². The molecule has 0 spiro atoms. The van der Waals surface area contributed by atoms with Gasteiger partial charge in [0.05, 0.1) is 5.71 Å². The molecule has 2 N–H and O–H groups in total. The number of rotatable bonds is 4. The van der Waals surface area contributed by atoms with Crippen molar-refractivity contribution >= 4 is 5.71 Å².